The van der Waals surface area contributed by atoms with E-state index in [2.05, 4.69) is 10.3 Å². The van der Waals surface area contributed by atoms with E-state index < -0.39 is 0 Å². The number of nitrogens with zero attached hydrogens (tertiary/aromatic N) is 2. The highest BCUT2D eigenvalue weighted by Crippen LogP contribution is 2.09. The maximum atomic E-state index is 13.3. The van der Waals surface area contributed by atoms with E-state index in [1.807, 2.05) is 12.1 Å². The molecule has 0 aliphatic rings. The highest BCUT2D eigenvalue weighted by Gasteiger charge is 2.00. The largest absolute Gasteiger partial charge is 0.370 e. The van der Waals surface area contributed by atoms with Gasteiger partial charge in [-0.25, -0.2) is 9.37 Å². The van der Waals surface area contributed by atoms with Gasteiger partial charge in [-0.2, -0.15) is 5.26 Å². The molecule has 0 bridgehead atoms. The van der Waals surface area contributed by atoms with Crippen LogP contribution < -0.4 is 5.32 Å². The molecule has 3 nitrogen and oxygen atoms in total. The van der Waals surface area contributed by atoms with Crippen molar-refractivity contribution < 1.29 is 4.39 Å². The first-order valence-electron chi connectivity index (χ1n) is 5.63. The minimum atomic E-state index is -0.196. The van der Waals surface area contributed by atoms with Crippen LogP contribution in [0.15, 0.2) is 42.6 Å². The summed E-state index contributed by atoms with van der Waals surface area (Å²) in [4.78, 5) is 4.08. The Kier molecular flexibility index (Phi) is 3.87. The summed E-state index contributed by atoms with van der Waals surface area (Å²) in [5, 5.41) is 11.8. The first-order chi connectivity index (χ1) is 8.79. The molecule has 2 rings (SSSR count). The molecule has 0 unspecified atom stereocenters. The second-order valence-electron chi connectivity index (χ2n) is 3.81. The van der Waals surface area contributed by atoms with Gasteiger partial charge in [0.05, 0.1) is 11.6 Å². The lowest BCUT2D eigenvalue weighted by molar-refractivity contribution is 0.610. The van der Waals surface area contributed by atoms with Crippen molar-refractivity contribution in [1.29, 1.82) is 5.26 Å². The van der Waals surface area contributed by atoms with Crippen LogP contribution in [0, 0.1) is 17.1 Å². The van der Waals surface area contributed by atoms with Crippen LogP contribution in [0.3, 0.4) is 0 Å². The van der Waals surface area contributed by atoms with Gasteiger partial charge in [-0.05, 0) is 30.2 Å². The lowest BCUT2D eigenvalue weighted by atomic mass is 10.1. The molecule has 4 heteroatoms. The van der Waals surface area contributed by atoms with Crippen molar-refractivity contribution in [3.05, 3.63) is 59.5 Å². The fourth-order valence-corrected chi connectivity index (χ4v) is 1.62. The summed E-state index contributed by atoms with van der Waals surface area (Å²) < 4.78 is 13.3. The van der Waals surface area contributed by atoms with E-state index in [1.54, 1.807) is 30.5 Å². The topological polar surface area (TPSA) is 48.7 Å². The zero-order valence-electron chi connectivity index (χ0n) is 9.73. The van der Waals surface area contributed by atoms with E-state index in [-0.39, 0.29) is 5.82 Å². The van der Waals surface area contributed by atoms with Crippen LogP contribution in [0.4, 0.5) is 10.2 Å². The van der Waals surface area contributed by atoms with E-state index in [0.717, 1.165) is 0 Å². The number of anilines is 1. The molecule has 0 amide bonds. The standard InChI is InChI=1S/C14H12FN3/c15-13-4-2-1-3-12(13)6-8-18-14-9-11(10-16)5-7-17-14/h1-5,7,9H,6,8H2,(H,17,18). The minimum absolute atomic E-state index is 0.196. The minimum Gasteiger partial charge on any atom is -0.370 e. The zero-order valence-corrected chi connectivity index (χ0v) is 9.73. The van der Waals surface area contributed by atoms with Crippen molar-refractivity contribution in [1.82, 2.24) is 4.98 Å². The molecule has 1 aromatic heterocycles. The molecule has 0 saturated carbocycles. The highest BCUT2D eigenvalue weighted by atomic mass is 19.1. The maximum Gasteiger partial charge on any atom is 0.127 e. The van der Waals surface area contributed by atoms with Crippen molar-refractivity contribution in [3.63, 3.8) is 0 Å². The van der Waals surface area contributed by atoms with Crippen molar-refractivity contribution in [3.8, 4) is 6.07 Å². The number of aromatic nitrogens is 1. The Morgan fingerprint density at radius 1 is 1.28 bits per heavy atom. The smallest absolute Gasteiger partial charge is 0.127 e. The molecule has 0 fully saturated rings. The summed E-state index contributed by atoms with van der Waals surface area (Å²) in [7, 11) is 0. The quantitative estimate of drug-likeness (QED) is 0.895. The van der Waals surface area contributed by atoms with Crippen molar-refractivity contribution in [2.75, 3.05) is 11.9 Å². The number of pyridine rings is 1. The van der Waals surface area contributed by atoms with Crippen molar-refractivity contribution in [2.45, 2.75) is 6.42 Å². The van der Waals surface area contributed by atoms with Crippen LogP contribution in [0.2, 0.25) is 0 Å². The summed E-state index contributed by atoms with van der Waals surface area (Å²) >= 11 is 0. The van der Waals surface area contributed by atoms with Crippen LogP contribution in [0.25, 0.3) is 0 Å². The Morgan fingerprint density at radius 2 is 2.11 bits per heavy atom. The maximum absolute atomic E-state index is 13.3. The van der Waals surface area contributed by atoms with E-state index in [0.29, 0.717) is 29.9 Å². The van der Waals surface area contributed by atoms with E-state index >= 15 is 0 Å². The third kappa shape index (κ3) is 3.05. The number of hydrogen-bond donors (Lipinski definition) is 1. The number of nitriles is 1. The molecule has 90 valence electrons. The fourth-order valence-electron chi connectivity index (χ4n) is 1.62. The summed E-state index contributed by atoms with van der Waals surface area (Å²) in [6, 6.07) is 12.0. The molecule has 1 heterocycles. The summed E-state index contributed by atoms with van der Waals surface area (Å²) in [6.45, 7) is 0.572. The molecule has 2 aromatic rings. The van der Waals surface area contributed by atoms with Crippen LogP contribution in [0.1, 0.15) is 11.1 Å². The summed E-state index contributed by atoms with van der Waals surface area (Å²) in [5.74, 6) is 0.434. The fraction of sp³-hybridized carbons (Fsp3) is 0.143. The molecule has 18 heavy (non-hydrogen) atoms. The first kappa shape index (κ1) is 12.1. The average molecular weight is 241 g/mol. The van der Waals surface area contributed by atoms with Crippen molar-refractivity contribution in [2.24, 2.45) is 0 Å². The molecule has 0 aliphatic carbocycles. The van der Waals surface area contributed by atoms with Gasteiger partial charge in [0.15, 0.2) is 0 Å². The predicted octanol–water partition coefficient (Wildman–Crippen LogP) is 2.75. The Labute approximate surface area is 105 Å². The molecule has 0 aliphatic heterocycles. The lowest BCUT2D eigenvalue weighted by Gasteiger charge is -2.06. The number of rotatable bonds is 4. The molecule has 0 spiro atoms. The Morgan fingerprint density at radius 3 is 2.89 bits per heavy atom. The lowest BCUT2D eigenvalue weighted by Crippen LogP contribution is -2.07. The van der Waals surface area contributed by atoms with E-state index in [4.69, 9.17) is 5.26 Å². The number of halogens is 1. The van der Waals surface area contributed by atoms with Gasteiger partial charge >= 0.3 is 0 Å². The van der Waals surface area contributed by atoms with Crippen LogP contribution in [-0.4, -0.2) is 11.5 Å². The van der Waals surface area contributed by atoms with Crippen LogP contribution >= 0.6 is 0 Å². The monoisotopic (exact) mass is 241 g/mol. The second-order valence-corrected chi connectivity index (χ2v) is 3.81. The molecular weight excluding hydrogens is 229 g/mol. The van der Waals surface area contributed by atoms with Crippen molar-refractivity contribution >= 4 is 5.82 Å². The Hall–Kier alpha value is -2.41. The number of hydrogen-bond acceptors (Lipinski definition) is 3. The summed E-state index contributed by atoms with van der Waals surface area (Å²) in [5.41, 5.74) is 1.22. The van der Waals surface area contributed by atoms with Crippen LogP contribution in [-0.2, 0) is 6.42 Å². The SMILES string of the molecule is N#Cc1ccnc(NCCc2ccccc2F)c1. The molecular formula is C14H12FN3. The van der Waals surface area contributed by atoms with Gasteiger partial charge in [0.25, 0.3) is 0 Å². The Balaban J connectivity index is 1.93. The first-order valence-corrected chi connectivity index (χ1v) is 5.63. The van der Waals surface area contributed by atoms with E-state index in [1.165, 1.54) is 6.07 Å². The molecule has 1 N–H and O–H groups in total. The molecule has 1 aromatic carbocycles. The van der Waals surface area contributed by atoms with Gasteiger partial charge in [-0.1, -0.05) is 18.2 Å². The molecule has 0 radical (unpaired) electrons. The third-order valence-corrected chi connectivity index (χ3v) is 2.55. The van der Waals surface area contributed by atoms with Gasteiger partial charge in [-0.15, -0.1) is 0 Å². The molecule has 0 atom stereocenters. The predicted molar refractivity (Wildman–Crippen MR) is 67.5 cm³/mol. The second kappa shape index (κ2) is 5.78. The van der Waals surface area contributed by atoms with Crippen LogP contribution in [0.5, 0.6) is 0 Å². The zero-order chi connectivity index (χ0) is 12.8. The highest BCUT2D eigenvalue weighted by molar-refractivity contribution is 5.42. The van der Waals surface area contributed by atoms with E-state index in [9.17, 15) is 4.39 Å². The molecule has 0 saturated heterocycles. The van der Waals surface area contributed by atoms with Gasteiger partial charge in [0, 0.05) is 12.7 Å². The van der Waals surface area contributed by atoms with Gasteiger partial charge in [0.2, 0.25) is 0 Å². The number of nitrogens with one attached hydrogen (secondary N) is 1. The van der Waals surface area contributed by atoms with Gasteiger partial charge in [-0.3, -0.25) is 0 Å². The Bertz CT molecular complexity index is 575. The average Bonchev–Trinajstić information content (AvgIpc) is 2.41. The van der Waals surface area contributed by atoms with Gasteiger partial charge in [0.1, 0.15) is 11.6 Å². The number of benzene rings is 1. The normalized spacial score (nSPS) is 9.78. The third-order valence-electron chi connectivity index (χ3n) is 2.55. The summed E-state index contributed by atoms with van der Waals surface area (Å²) in [6.07, 6.45) is 2.15. The van der Waals surface area contributed by atoms with Gasteiger partial charge < -0.3 is 5.32 Å².